The molecule has 108 valence electrons. The molecule has 0 aliphatic rings. The topological polar surface area (TPSA) is 37.3 Å². The average Bonchev–Trinajstić information content (AvgIpc) is 2.45. The third-order valence-electron chi connectivity index (χ3n) is 3.99. The van der Waals surface area contributed by atoms with E-state index in [1.807, 2.05) is 30.3 Å². The standard InChI is InChI=1S/C19H20O2/c1-12-10-13(2)15(4)19(14(12)3)17(11-18(20)21)16-8-6-5-7-9-16/h5-11H,1-4H3,(H,20,21)/b17-11-. The van der Waals surface area contributed by atoms with Crippen LogP contribution in [0.1, 0.15) is 33.4 Å². The maximum absolute atomic E-state index is 11.3. The van der Waals surface area contributed by atoms with Crippen molar-refractivity contribution in [3.05, 3.63) is 75.9 Å². The minimum absolute atomic E-state index is 0.768. The molecule has 0 bridgehead atoms. The van der Waals surface area contributed by atoms with E-state index in [4.69, 9.17) is 0 Å². The number of hydrogen-bond donors (Lipinski definition) is 1. The van der Waals surface area contributed by atoms with Gasteiger partial charge in [0.2, 0.25) is 0 Å². The number of carbonyl (C=O) groups is 1. The van der Waals surface area contributed by atoms with E-state index in [0.29, 0.717) is 0 Å². The molecule has 0 fully saturated rings. The second-order valence-corrected chi connectivity index (χ2v) is 5.40. The number of carboxylic acids is 1. The van der Waals surface area contributed by atoms with Crippen LogP contribution in [0.5, 0.6) is 0 Å². The fraction of sp³-hybridized carbons (Fsp3) is 0.211. The number of carboxylic acid groups (broad SMARTS) is 1. The first-order chi connectivity index (χ1) is 9.91. The molecule has 0 heterocycles. The molecule has 0 aromatic heterocycles. The van der Waals surface area contributed by atoms with Crippen molar-refractivity contribution < 1.29 is 9.90 Å². The quantitative estimate of drug-likeness (QED) is 0.844. The lowest BCUT2D eigenvalue weighted by Gasteiger charge is -2.18. The van der Waals surface area contributed by atoms with E-state index in [-0.39, 0.29) is 0 Å². The van der Waals surface area contributed by atoms with Gasteiger partial charge in [-0.2, -0.15) is 0 Å². The van der Waals surface area contributed by atoms with E-state index in [0.717, 1.165) is 27.8 Å². The van der Waals surface area contributed by atoms with Crippen molar-refractivity contribution in [2.45, 2.75) is 27.7 Å². The smallest absolute Gasteiger partial charge is 0.328 e. The van der Waals surface area contributed by atoms with Gasteiger partial charge in [0.1, 0.15) is 0 Å². The maximum atomic E-state index is 11.3. The van der Waals surface area contributed by atoms with Crippen molar-refractivity contribution in [2.24, 2.45) is 0 Å². The fourth-order valence-electron chi connectivity index (χ4n) is 2.66. The third-order valence-corrected chi connectivity index (χ3v) is 3.99. The summed E-state index contributed by atoms with van der Waals surface area (Å²) in [5.74, 6) is -0.924. The van der Waals surface area contributed by atoms with Gasteiger partial charge in [0.15, 0.2) is 0 Å². The molecule has 0 amide bonds. The van der Waals surface area contributed by atoms with Crippen LogP contribution in [0.25, 0.3) is 5.57 Å². The molecule has 0 aliphatic heterocycles. The molecule has 1 N–H and O–H groups in total. The van der Waals surface area contributed by atoms with Crippen molar-refractivity contribution in [1.29, 1.82) is 0 Å². The Hall–Kier alpha value is -2.35. The third kappa shape index (κ3) is 3.05. The summed E-state index contributed by atoms with van der Waals surface area (Å²) < 4.78 is 0. The summed E-state index contributed by atoms with van der Waals surface area (Å²) >= 11 is 0. The highest BCUT2D eigenvalue weighted by molar-refractivity contribution is 5.96. The minimum Gasteiger partial charge on any atom is -0.478 e. The molecule has 2 heteroatoms. The monoisotopic (exact) mass is 280 g/mol. The van der Waals surface area contributed by atoms with Crippen LogP contribution >= 0.6 is 0 Å². The molecule has 2 aromatic carbocycles. The highest BCUT2D eigenvalue weighted by Crippen LogP contribution is 2.32. The van der Waals surface area contributed by atoms with Crippen molar-refractivity contribution in [3.63, 3.8) is 0 Å². The molecule has 2 aromatic rings. The van der Waals surface area contributed by atoms with E-state index >= 15 is 0 Å². The number of hydrogen-bond acceptors (Lipinski definition) is 1. The van der Waals surface area contributed by atoms with E-state index < -0.39 is 5.97 Å². The Labute approximate surface area is 125 Å². The Morgan fingerprint density at radius 1 is 0.952 bits per heavy atom. The molecule has 0 unspecified atom stereocenters. The van der Waals surface area contributed by atoms with Crippen LogP contribution in [0, 0.1) is 27.7 Å². The molecule has 2 nitrogen and oxygen atoms in total. The highest BCUT2D eigenvalue weighted by Gasteiger charge is 2.15. The Bertz CT molecular complexity index is 684. The first-order valence-corrected chi connectivity index (χ1v) is 6.99. The van der Waals surface area contributed by atoms with Gasteiger partial charge in [-0.15, -0.1) is 0 Å². The Morgan fingerprint density at radius 2 is 1.48 bits per heavy atom. The number of aliphatic carboxylic acids is 1. The van der Waals surface area contributed by atoms with Gasteiger partial charge >= 0.3 is 5.97 Å². The van der Waals surface area contributed by atoms with Crippen LogP contribution in [-0.4, -0.2) is 11.1 Å². The zero-order valence-corrected chi connectivity index (χ0v) is 12.9. The van der Waals surface area contributed by atoms with Gasteiger partial charge in [-0.1, -0.05) is 36.4 Å². The lowest BCUT2D eigenvalue weighted by molar-refractivity contribution is -0.131. The summed E-state index contributed by atoms with van der Waals surface area (Å²) in [5.41, 5.74) is 7.35. The van der Waals surface area contributed by atoms with Gasteiger partial charge in [-0.3, -0.25) is 0 Å². The molecular weight excluding hydrogens is 260 g/mol. The number of aryl methyl sites for hydroxylation is 2. The van der Waals surface area contributed by atoms with Crippen molar-refractivity contribution in [1.82, 2.24) is 0 Å². The second-order valence-electron chi connectivity index (χ2n) is 5.40. The molecule has 0 atom stereocenters. The first-order valence-electron chi connectivity index (χ1n) is 6.99. The molecule has 0 saturated carbocycles. The average molecular weight is 280 g/mol. The summed E-state index contributed by atoms with van der Waals surface area (Å²) in [7, 11) is 0. The first kappa shape index (κ1) is 15.0. The van der Waals surface area contributed by atoms with Crippen LogP contribution < -0.4 is 0 Å². The van der Waals surface area contributed by atoms with Crippen LogP contribution in [0.4, 0.5) is 0 Å². The van der Waals surface area contributed by atoms with Crippen molar-refractivity contribution in [2.75, 3.05) is 0 Å². The fourth-order valence-corrected chi connectivity index (χ4v) is 2.66. The van der Waals surface area contributed by atoms with Crippen LogP contribution in [0.15, 0.2) is 42.5 Å². The molecule has 0 aliphatic carbocycles. The van der Waals surface area contributed by atoms with Gasteiger partial charge in [0.05, 0.1) is 0 Å². The SMILES string of the molecule is Cc1cc(C)c(C)c(/C(=C\C(=O)O)c2ccccc2)c1C. The zero-order chi connectivity index (χ0) is 15.6. The second kappa shape index (κ2) is 5.96. The zero-order valence-electron chi connectivity index (χ0n) is 12.9. The molecular formula is C19H20O2. The predicted molar refractivity (Wildman–Crippen MR) is 86.5 cm³/mol. The summed E-state index contributed by atoms with van der Waals surface area (Å²) in [6.07, 6.45) is 1.31. The summed E-state index contributed by atoms with van der Waals surface area (Å²) in [4.78, 5) is 11.3. The van der Waals surface area contributed by atoms with E-state index in [1.165, 1.54) is 17.2 Å². The molecule has 2 rings (SSSR count). The Balaban J connectivity index is 2.78. The lowest BCUT2D eigenvalue weighted by atomic mass is 9.86. The Kier molecular flexibility index (Phi) is 4.27. The largest absolute Gasteiger partial charge is 0.478 e. The number of benzene rings is 2. The van der Waals surface area contributed by atoms with Gasteiger partial charge in [-0.25, -0.2) is 4.79 Å². The molecule has 0 spiro atoms. The highest BCUT2D eigenvalue weighted by atomic mass is 16.4. The normalized spacial score (nSPS) is 11.5. The van der Waals surface area contributed by atoms with Crippen molar-refractivity contribution in [3.8, 4) is 0 Å². The molecule has 0 saturated heterocycles. The number of rotatable bonds is 3. The van der Waals surface area contributed by atoms with Gasteiger partial charge < -0.3 is 5.11 Å². The van der Waals surface area contributed by atoms with Crippen molar-refractivity contribution >= 4 is 11.5 Å². The Morgan fingerprint density at radius 3 is 1.95 bits per heavy atom. The van der Waals surface area contributed by atoms with E-state index in [1.54, 1.807) is 0 Å². The van der Waals surface area contributed by atoms with Crippen LogP contribution in [-0.2, 0) is 4.79 Å². The minimum atomic E-state index is -0.924. The summed E-state index contributed by atoms with van der Waals surface area (Å²) in [6, 6.07) is 11.8. The summed E-state index contributed by atoms with van der Waals surface area (Å²) in [6.45, 7) is 8.23. The van der Waals surface area contributed by atoms with Gasteiger partial charge in [0, 0.05) is 6.08 Å². The van der Waals surface area contributed by atoms with E-state index in [2.05, 4.69) is 33.8 Å². The predicted octanol–water partition coefficient (Wildman–Crippen LogP) is 4.44. The summed E-state index contributed by atoms with van der Waals surface area (Å²) in [5, 5.41) is 9.25. The van der Waals surface area contributed by atoms with E-state index in [9.17, 15) is 9.90 Å². The van der Waals surface area contributed by atoms with Gasteiger partial charge in [0.25, 0.3) is 0 Å². The molecule has 21 heavy (non-hydrogen) atoms. The van der Waals surface area contributed by atoms with Crippen LogP contribution in [0.2, 0.25) is 0 Å². The molecule has 0 radical (unpaired) electrons. The maximum Gasteiger partial charge on any atom is 0.328 e. The van der Waals surface area contributed by atoms with Gasteiger partial charge in [-0.05, 0) is 66.6 Å². The lowest BCUT2D eigenvalue weighted by Crippen LogP contribution is -2.02. The van der Waals surface area contributed by atoms with Crippen LogP contribution in [0.3, 0.4) is 0 Å².